The Morgan fingerprint density at radius 1 is 1.32 bits per heavy atom. The second-order valence-corrected chi connectivity index (χ2v) is 5.29. The van der Waals surface area contributed by atoms with E-state index in [-0.39, 0.29) is 18.1 Å². The lowest BCUT2D eigenvalue weighted by atomic mass is 10.1. The second-order valence-electron chi connectivity index (χ2n) is 4.21. The molecule has 0 saturated heterocycles. The maximum atomic E-state index is 12.0. The van der Waals surface area contributed by atoms with E-state index in [0.29, 0.717) is 22.6 Å². The molecule has 0 amide bonds. The molecule has 0 bridgehead atoms. The summed E-state index contributed by atoms with van der Waals surface area (Å²) in [6, 6.07) is 3.36. The smallest absolute Gasteiger partial charge is 0.186 e. The maximum absolute atomic E-state index is 12.0. The van der Waals surface area contributed by atoms with Crippen LogP contribution in [0, 0.1) is 0 Å². The van der Waals surface area contributed by atoms with Gasteiger partial charge >= 0.3 is 0 Å². The van der Waals surface area contributed by atoms with Crippen LogP contribution in [0.25, 0.3) is 0 Å². The molecular weight excluding hydrogens is 262 g/mol. The van der Waals surface area contributed by atoms with Gasteiger partial charge in [0.25, 0.3) is 0 Å². The summed E-state index contributed by atoms with van der Waals surface area (Å²) in [7, 11) is 1.90. The summed E-state index contributed by atoms with van der Waals surface area (Å²) in [6.07, 6.45) is 4.53. The lowest BCUT2D eigenvalue weighted by molar-refractivity contribution is 0.0984. The van der Waals surface area contributed by atoms with E-state index in [0.717, 1.165) is 5.69 Å². The van der Waals surface area contributed by atoms with E-state index in [4.69, 9.17) is 5.73 Å². The topological polar surface area (TPSA) is 78.0 Å². The van der Waals surface area contributed by atoms with Gasteiger partial charge in [0.1, 0.15) is 0 Å². The minimum atomic E-state index is -0.129. The van der Waals surface area contributed by atoms with E-state index in [9.17, 15) is 9.59 Å². The number of carbonyl (C=O) groups excluding carboxylic acids is 2. The standard InChI is InChI=1S/C13H15N3O2S/c1-16-8-15-7-9(16)2-3-10(17)12-4-5-13(19-12)11(18)6-14/h4-5,7-8H,2-3,6,14H2,1H3. The lowest BCUT2D eigenvalue weighted by Gasteiger charge is -2.00. The normalized spacial score (nSPS) is 10.6. The Balaban J connectivity index is 1.98. The summed E-state index contributed by atoms with van der Waals surface area (Å²) in [6.45, 7) is -0.0246. The summed E-state index contributed by atoms with van der Waals surface area (Å²) in [5.41, 5.74) is 6.31. The molecule has 0 aromatic carbocycles. The lowest BCUT2D eigenvalue weighted by Crippen LogP contribution is -2.11. The van der Waals surface area contributed by atoms with Crippen LogP contribution in [-0.4, -0.2) is 27.7 Å². The highest BCUT2D eigenvalue weighted by atomic mass is 32.1. The van der Waals surface area contributed by atoms with E-state index < -0.39 is 0 Å². The minimum absolute atomic E-state index is 0.0246. The number of aromatic nitrogens is 2. The van der Waals surface area contributed by atoms with Crippen molar-refractivity contribution in [3.05, 3.63) is 40.1 Å². The van der Waals surface area contributed by atoms with E-state index in [1.807, 2.05) is 11.6 Å². The molecule has 0 aliphatic rings. The molecule has 0 unspecified atom stereocenters. The number of ketones is 2. The molecule has 0 atom stereocenters. The van der Waals surface area contributed by atoms with Crippen LogP contribution >= 0.6 is 11.3 Å². The molecule has 2 aromatic rings. The van der Waals surface area contributed by atoms with Gasteiger partial charge in [0.15, 0.2) is 11.6 Å². The van der Waals surface area contributed by atoms with Crippen molar-refractivity contribution < 1.29 is 9.59 Å². The van der Waals surface area contributed by atoms with Crippen LogP contribution in [0.3, 0.4) is 0 Å². The van der Waals surface area contributed by atoms with Crippen molar-refractivity contribution in [3.8, 4) is 0 Å². The van der Waals surface area contributed by atoms with E-state index in [1.54, 1.807) is 24.7 Å². The van der Waals surface area contributed by atoms with Crippen molar-refractivity contribution in [3.63, 3.8) is 0 Å². The van der Waals surface area contributed by atoms with Crippen LogP contribution in [0.5, 0.6) is 0 Å². The van der Waals surface area contributed by atoms with Gasteiger partial charge in [0.05, 0.1) is 22.6 Å². The number of rotatable bonds is 6. The van der Waals surface area contributed by atoms with Crippen LogP contribution in [-0.2, 0) is 13.5 Å². The number of hydrogen-bond acceptors (Lipinski definition) is 5. The average molecular weight is 277 g/mol. The Morgan fingerprint density at radius 2 is 2.00 bits per heavy atom. The molecule has 2 rings (SSSR count). The van der Waals surface area contributed by atoms with Gasteiger partial charge in [-0.3, -0.25) is 9.59 Å². The Bertz CT molecular complexity index is 601. The molecule has 5 nitrogen and oxygen atoms in total. The first kappa shape index (κ1) is 13.6. The van der Waals surface area contributed by atoms with Gasteiger partial charge < -0.3 is 10.3 Å². The highest BCUT2D eigenvalue weighted by molar-refractivity contribution is 7.16. The molecule has 0 saturated carbocycles. The predicted molar refractivity (Wildman–Crippen MR) is 73.6 cm³/mol. The van der Waals surface area contributed by atoms with E-state index in [2.05, 4.69) is 4.98 Å². The van der Waals surface area contributed by atoms with Crippen molar-refractivity contribution >= 4 is 22.9 Å². The highest BCUT2D eigenvalue weighted by Crippen LogP contribution is 2.19. The average Bonchev–Trinajstić information content (AvgIpc) is 3.04. The number of nitrogens with zero attached hydrogens (tertiary/aromatic N) is 2. The highest BCUT2D eigenvalue weighted by Gasteiger charge is 2.13. The molecular formula is C13H15N3O2S. The summed E-state index contributed by atoms with van der Waals surface area (Å²) < 4.78 is 1.89. The van der Waals surface area contributed by atoms with E-state index in [1.165, 1.54) is 11.3 Å². The molecule has 0 aliphatic carbocycles. The fraction of sp³-hybridized carbons (Fsp3) is 0.308. The van der Waals surface area contributed by atoms with Crippen molar-refractivity contribution in [2.45, 2.75) is 12.8 Å². The van der Waals surface area contributed by atoms with Crippen LogP contribution in [0.15, 0.2) is 24.7 Å². The third-order valence-electron chi connectivity index (χ3n) is 2.87. The first-order valence-corrected chi connectivity index (χ1v) is 6.75. The molecule has 2 N–H and O–H groups in total. The van der Waals surface area contributed by atoms with Crippen molar-refractivity contribution in [1.29, 1.82) is 0 Å². The number of nitrogens with two attached hydrogens (primary N) is 1. The summed E-state index contributed by atoms with van der Waals surface area (Å²) >= 11 is 1.21. The molecule has 0 radical (unpaired) electrons. The molecule has 0 fully saturated rings. The van der Waals surface area contributed by atoms with Gasteiger partial charge in [-0.15, -0.1) is 11.3 Å². The summed E-state index contributed by atoms with van der Waals surface area (Å²) in [5, 5.41) is 0. The number of thiophene rings is 1. The van der Waals surface area contributed by atoms with Crippen LogP contribution in [0.2, 0.25) is 0 Å². The van der Waals surface area contributed by atoms with E-state index >= 15 is 0 Å². The maximum Gasteiger partial charge on any atom is 0.186 e. The third-order valence-corrected chi connectivity index (χ3v) is 4.03. The van der Waals surface area contributed by atoms with Crippen LogP contribution < -0.4 is 5.73 Å². The Morgan fingerprint density at radius 3 is 2.58 bits per heavy atom. The SMILES string of the molecule is Cn1cncc1CCC(=O)c1ccc(C(=O)CN)s1. The Kier molecular flexibility index (Phi) is 4.24. The monoisotopic (exact) mass is 277 g/mol. The molecule has 19 heavy (non-hydrogen) atoms. The molecule has 6 heteroatoms. The zero-order chi connectivity index (χ0) is 13.8. The zero-order valence-corrected chi connectivity index (χ0v) is 11.4. The Hall–Kier alpha value is -1.79. The van der Waals surface area contributed by atoms with Crippen molar-refractivity contribution in [1.82, 2.24) is 9.55 Å². The van der Waals surface area contributed by atoms with Crippen molar-refractivity contribution in [2.75, 3.05) is 6.54 Å². The van der Waals surface area contributed by atoms with Crippen molar-refractivity contribution in [2.24, 2.45) is 12.8 Å². The fourth-order valence-electron chi connectivity index (χ4n) is 1.73. The summed E-state index contributed by atoms with van der Waals surface area (Å²) in [5.74, 6) is -0.0852. The van der Waals surface area contributed by atoms with Gasteiger partial charge in [0, 0.05) is 25.4 Å². The third kappa shape index (κ3) is 3.15. The van der Waals surface area contributed by atoms with Crippen LogP contribution in [0.1, 0.15) is 31.5 Å². The minimum Gasteiger partial charge on any atom is -0.338 e. The van der Waals surface area contributed by atoms with Gasteiger partial charge in [-0.2, -0.15) is 0 Å². The van der Waals surface area contributed by atoms with Gasteiger partial charge in [-0.25, -0.2) is 4.98 Å². The number of carbonyl (C=O) groups is 2. The molecule has 2 aromatic heterocycles. The van der Waals surface area contributed by atoms with Gasteiger partial charge in [0.2, 0.25) is 0 Å². The first-order chi connectivity index (χ1) is 9.11. The number of imidazole rings is 1. The zero-order valence-electron chi connectivity index (χ0n) is 10.6. The molecule has 2 heterocycles. The summed E-state index contributed by atoms with van der Waals surface area (Å²) in [4.78, 5) is 28.6. The number of aryl methyl sites for hydroxylation is 2. The first-order valence-electron chi connectivity index (χ1n) is 5.93. The molecule has 0 aliphatic heterocycles. The largest absolute Gasteiger partial charge is 0.338 e. The quantitative estimate of drug-likeness (QED) is 0.810. The number of Topliss-reactive ketones (excluding diaryl/α,β-unsaturated/α-hetero) is 2. The molecule has 0 spiro atoms. The molecule has 100 valence electrons. The predicted octanol–water partition coefficient (Wildman–Crippen LogP) is 1.44. The fourth-order valence-corrected chi connectivity index (χ4v) is 2.65. The van der Waals surface area contributed by atoms with Gasteiger partial charge in [-0.1, -0.05) is 0 Å². The number of hydrogen-bond donors (Lipinski definition) is 1. The Labute approximate surface area is 115 Å². The van der Waals surface area contributed by atoms with Gasteiger partial charge in [-0.05, 0) is 18.6 Å². The second kappa shape index (κ2) is 5.90. The van der Waals surface area contributed by atoms with Crippen LogP contribution in [0.4, 0.5) is 0 Å².